The van der Waals surface area contributed by atoms with Gasteiger partial charge in [0.1, 0.15) is 0 Å². The number of carbonyl (C=O) groups excluding carboxylic acids is 1. The Labute approximate surface area is 131 Å². The molecule has 4 heteroatoms. The van der Waals surface area contributed by atoms with Gasteiger partial charge in [-0.15, -0.1) is 11.3 Å². The largest absolute Gasteiger partial charge is 0.387 e. The third-order valence-corrected chi connectivity index (χ3v) is 5.76. The van der Waals surface area contributed by atoms with Gasteiger partial charge in [0.05, 0.1) is 6.10 Å². The normalized spacial score (nSPS) is 19.4. The topological polar surface area (TPSA) is 49.3 Å². The number of hydrogen-bond donors (Lipinski definition) is 2. The van der Waals surface area contributed by atoms with Crippen LogP contribution in [0.1, 0.15) is 63.9 Å². The first kappa shape index (κ1) is 16.5. The Bertz CT molecular complexity index is 449. The molecule has 0 aromatic carbocycles. The maximum Gasteiger partial charge on any atom is 0.226 e. The van der Waals surface area contributed by atoms with E-state index in [1.807, 2.05) is 24.4 Å². The number of carbonyl (C=O) groups is 1. The molecule has 0 saturated heterocycles. The Balaban J connectivity index is 1.86. The zero-order valence-corrected chi connectivity index (χ0v) is 14.1. The lowest BCUT2D eigenvalue weighted by Gasteiger charge is -2.32. The first-order valence-corrected chi connectivity index (χ1v) is 8.81. The Morgan fingerprint density at radius 2 is 2.14 bits per heavy atom. The molecule has 1 fully saturated rings. The van der Waals surface area contributed by atoms with Crippen LogP contribution in [0.5, 0.6) is 0 Å². The molecule has 0 spiro atoms. The Hall–Kier alpha value is -0.870. The van der Waals surface area contributed by atoms with Crippen molar-refractivity contribution in [1.29, 1.82) is 0 Å². The summed E-state index contributed by atoms with van der Waals surface area (Å²) in [5, 5.41) is 15.2. The molecule has 21 heavy (non-hydrogen) atoms. The molecule has 118 valence electrons. The van der Waals surface area contributed by atoms with Gasteiger partial charge in [-0.05, 0) is 43.6 Å². The van der Waals surface area contributed by atoms with Gasteiger partial charge in [0.2, 0.25) is 5.91 Å². The maximum absolute atomic E-state index is 12.5. The van der Waals surface area contributed by atoms with Crippen molar-refractivity contribution < 1.29 is 9.90 Å². The quantitative estimate of drug-likeness (QED) is 0.837. The third kappa shape index (κ3) is 4.07. The molecular weight excluding hydrogens is 282 g/mol. The molecule has 1 aliphatic rings. The summed E-state index contributed by atoms with van der Waals surface area (Å²) in [5.41, 5.74) is -0.307. The van der Waals surface area contributed by atoms with Crippen molar-refractivity contribution >= 4 is 17.2 Å². The summed E-state index contributed by atoms with van der Waals surface area (Å²) in [6.45, 7) is 6.08. The fourth-order valence-electron chi connectivity index (χ4n) is 3.23. The van der Waals surface area contributed by atoms with E-state index in [1.54, 1.807) is 11.3 Å². The average molecular weight is 309 g/mol. The van der Waals surface area contributed by atoms with Gasteiger partial charge in [0.25, 0.3) is 0 Å². The van der Waals surface area contributed by atoms with Crippen LogP contribution in [-0.4, -0.2) is 17.1 Å². The lowest BCUT2D eigenvalue weighted by atomic mass is 9.77. The second-order valence-electron chi connectivity index (χ2n) is 6.84. The van der Waals surface area contributed by atoms with E-state index in [2.05, 4.69) is 19.2 Å². The molecule has 0 radical (unpaired) electrons. The predicted octanol–water partition coefficient (Wildman–Crippen LogP) is 3.89. The minimum atomic E-state index is -0.491. The summed E-state index contributed by atoms with van der Waals surface area (Å²) in [7, 11) is 0. The van der Waals surface area contributed by atoms with E-state index in [9.17, 15) is 9.90 Å². The lowest BCUT2D eigenvalue weighted by molar-refractivity contribution is -0.132. The summed E-state index contributed by atoms with van der Waals surface area (Å²) < 4.78 is 0. The third-order valence-electron chi connectivity index (χ3n) is 4.79. The summed E-state index contributed by atoms with van der Waals surface area (Å²) >= 11 is 1.56. The van der Waals surface area contributed by atoms with Gasteiger partial charge in [-0.3, -0.25) is 4.79 Å². The molecule has 0 bridgehead atoms. The molecule has 2 N–H and O–H groups in total. The Kier molecular flexibility index (Phi) is 5.44. The van der Waals surface area contributed by atoms with Crippen LogP contribution < -0.4 is 5.32 Å². The van der Waals surface area contributed by atoms with E-state index in [0.717, 1.165) is 17.7 Å². The fraction of sp³-hybridized carbons (Fsp3) is 0.706. The van der Waals surface area contributed by atoms with Gasteiger partial charge in [0, 0.05) is 16.3 Å². The van der Waals surface area contributed by atoms with Crippen LogP contribution in [0.15, 0.2) is 17.5 Å². The van der Waals surface area contributed by atoms with E-state index in [-0.39, 0.29) is 17.4 Å². The predicted molar refractivity (Wildman–Crippen MR) is 87.2 cm³/mol. The highest BCUT2D eigenvalue weighted by atomic mass is 32.1. The molecule has 1 aromatic rings. The van der Waals surface area contributed by atoms with E-state index < -0.39 is 6.10 Å². The van der Waals surface area contributed by atoms with Crippen molar-refractivity contribution in [2.45, 2.75) is 65.0 Å². The summed E-state index contributed by atoms with van der Waals surface area (Å²) in [6, 6.07) is 3.86. The van der Waals surface area contributed by atoms with Crippen LogP contribution in [0, 0.1) is 11.3 Å². The standard InChI is InChI=1S/C17H27NO2S/c1-12(11-14(19)15-9-6-10-21-15)18-16(20)17(2,3)13-7-4-5-8-13/h6,9-10,12-14,19H,4-5,7-8,11H2,1-3H3,(H,18,20). The molecule has 1 amide bonds. The molecule has 0 aliphatic heterocycles. The van der Waals surface area contributed by atoms with Crippen molar-refractivity contribution in [2.24, 2.45) is 11.3 Å². The van der Waals surface area contributed by atoms with Crippen LogP contribution in [0.3, 0.4) is 0 Å². The molecule has 1 heterocycles. The molecule has 2 rings (SSSR count). The minimum Gasteiger partial charge on any atom is -0.387 e. The van der Waals surface area contributed by atoms with Crippen LogP contribution in [0.25, 0.3) is 0 Å². The first-order valence-electron chi connectivity index (χ1n) is 7.93. The maximum atomic E-state index is 12.5. The number of aliphatic hydroxyl groups is 1. The number of rotatable bonds is 6. The number of aliphatic hydroxyl groups excluding tert-OH is 1. The van der Waals surface area contributed by atoms with Gasteiger partial charge in [-0.25, -0.2) is 0 Å². The minimum absolute atomic E-state index is 0.0183. The SMILES string of the molecule is CC(CC(O)c1cccs1)NC(=O)C(C)(C)C1CCCC1. The molecule has 1 aromatic heterocycles. The van der Waals surface area contributed by atoms with Gasteiger partial charge >= 0.3 is 0 Å². The van der Waals surface area contributed by atoms with Gasteiger partial charge in [-0.2, -0.15) is 0 Å². The molecular formula is C17H27NO2S. The van der Waals surface area contributed by atoms with E-state index in [4.69, 9.17) is 0 Å². The second kappa shape index (κ2) is 6.93. The monoisotopic (exact) mass is 309 g/mol. The molecule has 1 saturated carbocycles. The number of nitrogens with one attached hydrogen (secondary N) is 1. The highest BCUT2D eigenvalue weighted by Crippen LogP contribution is 2.39. The highest BCUT2D eigenvalue weighted by Gasteiger charge is 2.38. The first-order chi connectivity index (χ1) is 9.91. The summed E-state index contributed by atoms with van der Waals surface area (Å²) in [4.78, 5) is 13.5. The van der Waals surface area contributed by atoms with Crippen LogP contribution >= 0.6 is 11.3 Å². The summed E-state index contributed by atoms with van der Waals surface area (Å²) in [6.07, 6.45) is 4.88. The molecule has 2 unspecified atom stereocenters. The smallest absolute Gasteiger partial charge is 0.226 e. The molecule has 1 aliphatic carbocycles. The number of amides is 1. The summed E-state index contributed by atoms with van der Waals surface area (Å²) in [5.74, 6) is 0.618. The van der Waals surface area contributed by atoms with Crippen molar-refractivity contribution in [3.05, 3.63) is 22.4 Å². The highest BCUT2D eigenvalue weighted by molar-refractivity contribution is 7.10. The lowest BCUT2D eigenvalue weighted by Crippen LogP contribution is -2.45. The molecule has 2 atom stereocenters. The zero-order valence-electron chi connectivity index (χ0n) is 13.3. The second-order valence-corrected chi connectivity index (χ2v) is 7.82. The van der Waals surface area contributed by atoms with E-state index >= 15 is 0 Å². The van der Waals surface area contributed by atoms with Crippen molar-refractivity contribution in [1.82, 2.24) is 5.32 Å². The van der Waals surface area contributed by atoms with Gasteiger partial charge in [-0.1, -0.05) is 32.8 Å². The van der Waals surface area contributed by atoms with Gasteiger partial charge < -0.3 is 10.4 Å². The average Bonchev–Trinajstić information content (AvgIpc) is 3.12. The number of thiophene rings is 1. The Morgan fingerprint density at radius 3 is 2.71 bits per heavy atom. The van der Waals surface area contributed by atoms with Crippen molar-refractivity contribution in [3.63, 3.8) is 0 Å². The van der Waals surface area contributed by atoms with Crippen LogP contribution in [-0.2, 0) is 4.79 Å². The van der Waals surface area contributed by atoms with Gasteiger partial charge in [0.15, 0.2) is 0 Å². The van der Waals surface area contributed by atoms with Crippen LogP contribution in [0.4, 0.5) is 0 Å². The number of hydrogen-bond acceptors (Lipinski definition) is 3. The van der Waals surface area contributed by atoms with Crippen molar-refractivity contribution in [3.8, 4) is 0 Å². The van der Waals surface area contributed by atoms with Crippen LogP contribution in [0.2, 0.25) is 0 Å². The Morgan fingerprint density at radius 1 is 1.48 bits per heavy atom. The fourth-order valence-corrected chi connectivity index (χ4v) is 3.96. The zero-order chi connectivity index (χ0) is 15.5. The van der Waals surface area contributed by atoms with E-state index in [0.29, 0.717) is 12.3 Å². The van der Waals surface area contributed by atoms with E-state index in [1.165, 1.54) is 12.8 Å². The molecule has 3 nitrogen and oxygen atoms in total. The van der Waals surface area contributed by atoms with Crippen molar-refractivity contribution in [2.75, 3.05) is 0 Å².